The molecular formula is C11H19N3. The van der Waals surface area contributed by atoms with Gasteiger partial charge in [-0.15, -0.1) is 0 Å². The molecule has 0 spiro atoms. The highest BCUT2D eigenvalue weighted by atomic mass is 14.9. The summed E-state index contributed by atoms with van der Waals surface area (Å²) in [6, 6.07) is 4.33. The molecule has 0 aliphatic heterocycles. The first-order valence-corrected chi connectivity index (χ1v) is 5.06. The maximum Gasteiger partial charge on any atom is 0.0270 e. The highest BCUT2D eigenvalue weighted by Crippen LogP contribution is 2.11. The van der Waals surface area contributed by atoms with Crippen LogP contribution in [0.3, 0.4) is 0 Å². The van der Waals surface area contributed by atoms with E-state index < -0.39 is 0 Å². The van der Waals surface area contributed by atoms with Crippen molar-refractivity contribution in [3.05, 3.63) is 30.1 Å². The van der Waals surface area contributed by atoms with E-state index in [1.165, 1.54) is 5.56 Å². The fourth-order valence-electron chi connectivity index (χ4n) is 1.34. The van der Waals surface area contributed by atoms with Crippen LogP contribution in [-0.2, 0) is 0 Å². The van der Waals surface area contributed by atoms with Gasteiger partial charge in [0.15, 0.2) is 0 Å². The third-order valence-corrected chi connectivity index (χ3v) is 2.19. The third kappa shape index (κ3) is 3.85. The summed E-state index contributed by atoms with van der Waals surface area (Å²) in [5.41, 5.74) is 6.96. The summed E-state index contributed by atoms with van der Waals surface area (Å²) in [5, 5.41) is 3.34. The number of pyridine rings is 1. The molecule has 78 valence electrons. The Hall–Kier alpha value is -0.930. The largest absolute Gasteiger partial charge is 0.327 e. The van der Waals surface area contributed by atoms with Crippen LogP contribution in [0.5, 0.6) is 0 Å². The van der Waals surface area contributed by atoms with Crippen molar-refractivity contribution in [1.82, 2.24) is 10.3 Å². The Morgan fingerprint density at radius 2 is 1.93 bits per heavy atom. The molecule has 0 aliphatic rings. The van der Waals surface area contributed by atoms with Crippen LogP contribution in [0.2, 0.25) is 0 Å². The van der Waals surface area contributed by atoms with E-state index in [9.17, 15) is 0 Å². The van der Waals surface area contributed by atoms with Crippen molar-refractivity contribution in [2.45, 2.75) is 25.8 Å². The smallest absolute Gasteiger partial charge is 0.0270 e. The summed E-state index contributed by atoms with van der Waals surface area (Å²) in [6.07, 6.45) is 3.66. The van der Waals surface area contributed by atoms with E-state index in [4.69, 9.17) is 5.73 Å². The van der Waals surface area contributed by atoms with Crippen LogP contribution in [0, 0.1) is 0 Å². The minimum absolute atomic E-state index is 0.222. The summed E-state index contributed by atoms with van der Waals surface area (Å²) in [7, 11) is 0. The van der Waals surface area contributed by atoms with Gasteiger partial charge >= 0.3 is 0 Å². The van der Waals surface area contributed by atoms with Crippen molar-refractivity contribution in [3.8, 4) is 0 Å². The fraction of sp³-hybridized carbons (Fsp3) is 0.545. The van der Waals surface area contributed by atoms with Crippen molar-refractivity contribution in [2.24, 2.45) is 5.73 Å². The Bertz CT molecular complexity index is 246. The second kappa shape index (κ2) is 5.73. The van der Waals surface area contributed by atoms with E-state index in [0.29, 0.717) is 5.92 Å². The lowest BCUT2D eigenvalue weighted by Crippen LogP contribution is -2.33. The van der Waals surface area contributed by atoms with E-state index in [1.807, 2.05) is 19.3 Å². The Balaban J connectivity index is 2.32. The lowest BCUT2D eigenvalue weighted by atomic mass is 10.0. The van der Waals surface area contributed by atoms with E-state index >= 15 is 0 Å². The van der Waals surface area contributed by atoms with Crippen LogP contribution in [0.25, 0.3) is 0 Å². The average Bonchev–Trinajstić information content (AvgIpc) is 2.18. The van der Waals surface area contributed by atoms with Crippen LogP contribution in [0.4, 0.5) is 0 Å². The molecule has 2 unspecified atom stereocenters. The van der Waals surface area contributed by atoms with E-state index in [0.717, 1.165) is 13.1 Å². The van der Waals surface area contributed by atoms with Gasteiger partial charge < -0.3 is 11.1 Å². The molecule has 1 heterocycles. The van der Waals surface area contributed by atoms with E-state index in [1.54, 1.807) is 0 Å². The molecule has 0 fully saturated rings. The molecule has 0 saturated carbocycles. The van der Waals surface area contributed by atoms with E-state index in [2.05, 4.69) is 29.4 Å². The second-order valence-corrected chi connectivity index (χ2v) is 3.82. The number of hydrogen-bond donors (Lipinski definition) is 2. The number of hydrogen-bond acceptors (Lipinski definition) is 3. The molecule has 3 nitrogen and oxygen atoms in total. The third-order valence-electron chi connectivity index (χ3n) is 2.19. The maximum atomic E-state index is 5.64. The van der Waals surface area contributed by atoms with Gasteiger partial charge in [-0.05, 0) is 30.5 Å². The van der Waals surface area contributed by atoms with Crippen LogP contribution in [-0.4, -0.2) is 24.1 Å². The van der Waals surface area contributed by atoms with Crippen molar-refractivity contribution >= 4 is 0 Å². The van der Waals surface area contributed by atoms with Gasteiger partial charge in [0.2, 0.25) is 0 Å². The molecule has 1 rings (SSSR count). The molecular weight excluding hydrogens is 174 g/mol. The molecule has 2 atom stereocenters. The SMILES string of the molecule is CC(N)CNCC(C)c1ccncc1. The first-order chi connectivity index (χ1) is 6.70. The predicted molar refractivity (Wildman–Crippen MR) is 59.2 cm³/mol. The topological polar surface area (TPSA) is 50.9 Å². The number of aromatic nitrogens is 1. The van der Waals surface area contributed by atoms with Crippen LogP contribution >= 0.6 is 0 Å². The van der Waals surface area contributed by atoms with Crippen molar-refractivity contribution in [3.63, 3.8) is 0 Å². The molecule has 0 aromatic carbocycles. The Labute approximate surface area is 85.7 Å². The quantitative estimate of drug-likeness (QED) is 0.737. The van der Waals surface area contributed by atoms with Gasteiger partial charge in [0.1, 0.15) is 0 Å². The van der Waals surface area contributed by atoms with Crippen LogP contribution in [0.1, 0.15) is 25.3 Å². The van der Waals surface area contributed by atoms with Gasteiger partial charge in [0.05, 0.1) is 0 Å². The molecule has 14 heavy (non-hydrogen) atoms. The number of nitrogens with zero attached hydrogens (tertiary/aromatic N) is 1. The van der Waals surface area contributed by atoms with Crippen LogP contribution in [0.15, 0.2) is 24.5 Å². The molecule has 3 N–H and O–H groups in total. The second-order valence-electron chi connectivity index (χ2n) is 3.82. The van der Waals surface area contributed by atoms with Crippen molar-refractivity contribution < 1.29 is 0 Å². The van der Waals surface area contributed by atoms with Gasteiger partial charge in [0, 0.05) is 31.5 Å². The normalized spacial score (nSPS) is 15.1. The fourth-order valence-corrected chi connectivity index (χ4v) is 1.34. The first-order valence-electron chi connectivity index (χ1n) is 5.06. The monoisotopic (exact) mass is 193 g/mol. The lowest BCUT2D eigenvalue weighted by Gasteiger charge is -2.13. The zero-order valence-electron chi connectivity index (χ0n) is 8.90. The van der Waals surface area contributed by atoms with Gasteiger partial charge in [-0.25, -0.2) is 0 Å². The summed E-state index contributed by atoms with van der Waals surface area (Å²) >= 11 is 0. The van der Waals surface area contributed by atoms with Crippen molar-refractivity contribution in [1.29, 1.82) is 0 Å². The summed E-state index contributed by atoms with van der Waals surface area (Å²) in [4.78, 5) is 4.00. The van der Waals surface area contributed by atoms with Gasteiger partial charge in [0.25, 0.3) is 0 Å². The molecule has 0 amide bonds. The summed E-state index contributed by atoms with van der Waals surface area (Å²) in [5.74, 6) is 0.511. The minimum Gasteiger partial charge on any atom is -0.327 e. The highest BCUT2D eigenvalue weighted by molar-refractivity contribution is 5.14. The molecule has 0 radical (unpaired) electrons. The number of rotatable bonds is 5. The predicted octanol–water partition coefficient (Wildman–Crippen LogP) is 1.12. The molecule has 0 aliphatic carbocycles. The highest BCUT2D eigenvalue weighted by Gasteiger charge is 2.04. The molecule has 1 aromatic rings. The first kappa shape index (κ1) is 11.1. The zero-order valence-corrected chi connectivity index (χ0v) is 8.90. The molecule has 0 bridgehead atoms. The molecule has 0 saturated heterocycles. The number of nitrogens with one attached hydrogen (secondary N) is 1. The minimum atomic E-state index is 0.222. The Kier molecular flexibility index (Phi) is 4.56. The van der Waals surface area contributed by atoms with Gasteiger partial charge in [-0.1, -0.05) is 6.92 Å². The Morgan fingerprint density at radius 1 is 1.29 bits per heavy atom. The van der Waals surface area contributed by atoms with Gasteiger partial charge in [-0.2, -0.15) is 0 Å². The summed E-state index contributed by atoms with van der Waals surface area (Å²) < 4.78 is 0. The lowest BCUT2D eigenvalue weighted by molar-refractivity contribution is 0.570. The Morgan fingerprint density at radius 3 is 2.50 bits per heavy atom. The van der Waals surface area contributed by atoms with Crippen molar-refractivity contribution in [2.75, 3.05) is 13.1 Å². The molecule has 3 heteroatoms. The zero-order chi connectivity index (χ0) is 10.4. The molecule has 1 aromatic heterocycles. The average molecular weight is 193 g/mol. The standard InChI is InChI=1S/C11H19N3/c1-9(7-14-8-10(2)12)11-3-5-13-6-4-11/h3-6,9-10,14H,7-8,12H2,1-2H3. The summed E-state index contributed by atoms with van der Waals surface area (Å²) in [6.45, 7) is 6.04. The van der Waals surface area contributed by atoms with Crippen LogP contribution < -0.4 is 11.1 Å². The number of nitrogens with two attached hydrogens (primary N) is 1. The van der Waals surface area contributed by atoms with Gasteiger partial charge in [-0.3, -0.25) is 4.98 Å². The van der Waals surface area contributed by atoms with E-state index in [-0.39, 0.29) is 6.04 Å². The maximum absolute atomic E-state index is 5.64.